The molecule has 0 aromatic heterocycles. The molecule has 4 heteroatoms. The largest absolute Gasteiger partial charge is 0.484 e. The van der Waals surface area contributed by atoms with Gasteiger partial charge in [0.2, 0.25) is 0 Å². The lowest BCUT2D eigenvalue weighted by Crippen LogP contribution is -2.34. The maximum Gasteiger partial charge on any atom is 0.258 e. The molecule has 1 atom stereocenters. The van der Waals surface area contributed by atoms with E-state index in [-0.39, 0.29) is 24.3 Å². The van der Waals surface area contributed by atoms with Gasteiger partial charge in [-0.2, -0.15) is 0 Å². The van der Waals surface area contributed by atoms with Crippen molar-refractivity contribution in [3.8, 4) is 5.75 Å². The van der Waals surface area contributed by atoms with Crippen LogP contribution in [0.1, 0.15) is 48.9 Å². The van der Waals surface area contributed by atoms with Crippen LogP contribution in [0, 0.1) is 0 Å². The smallest absolute Gasteiger partial charge is 0.258 e. The minimum atomic E-state index is -0.104. The zero-order valence-electron chi connectivity index (χ0n) is 15.2. The van der Waals surface area contributed by atoms with Gasteiger partial charge in [0.05, 0.1) is 6.04 Å². The number of aryl methyl sites for hydroxylation is 2. The van der Waals surface area contributed by atoms with Gasteiger partial charge in [0, 0.05) is 6.42 Å². The number of nitrogens with one attached hydrogen (secondary N) is 1. The first-order valence-electron chi connectivity index (χ1n) is 9.20. The maximum atomic E-state index is 12.3. The van der Waals surface area contributed by atoms with E-state index in [2.05, 4.69) is 17.4 Å². The molecule has 2 aromatic rings. The third kappa shape index (κ3) is 4.94. The molecule has 2 aromatic carbocycles. The molecule has 3 rings (SSSR count). The zero-order valence-corrected chi connectivity index (χ0v) is 15.2. The number of hydrogen-bond acceptors (Lipinski definition) is 3. The molecule has 0 radical (unpaired) electrons. The van der Waals surface area contributed by atoms with E-state index in [9.17, 15) is 9.59 Å². The van der Waals surface area contributed by atoms with E-state index >= 15 is 0 Å². The number of ether oxygens (including phenoxy) is 1. The summed E-state index contributed by atoms with van der Waals surface area (Å²) in [5.74, 6) is 0.745. The Kier molecular flexibility index (Phi) is 6.05. The van der Waals surface area contributed by atoms with E-state index in [0.29, 0.717) is 12.2 Å². The lowest BCUT2D eigenvalue weighted by atomic mass is 9.88. The zero-order chi connectivity index (χ0) is 18.4. The van der Waals surface area contributed by atoms with Crippen LogP contribution in [0.5, 0.6) is 5.75 Å². The van der Waals surface area contributed by atoms with Gasteiger partial charge in [0.15, 0.2) is 6.61 Å². The second kappa shape index (κ2) is 8.65. The van der Waals surface area contributed by atoms with Crippen molar-refractivity contribution in [1.29, 1.82) is 0 Å². The van der Waals surface area contributed by atoms with Crippen LogP contribution in [-0.4, -0.2) is 18.3 Å². The molecule has 4 nitrogen and oxygen atoms in total. The standard InChI is InChI=1S/C22H25NO3/c1-16(24)9-10-17-11-13-19(14-12-17)26-15-22(25)23-21-8-4-6-18-5-2-3-7-20(18)21/h2-3,5,7,11-14,21H,4,6,8-10,15H2,1H3,(H,23,25)/t21-/m1/s1. The van der Waals surface area contributed by atoms with Crippen molar-refractivity contribution >= 4 is 11.7 Å². The highest BCUT2D eigenvalue weighted by molar-refractivity contribution is 5.78. The molecule has 1 N–H and O–H groups in total. The number of benzene rings is 2. The molecular formula is C22H25NO3. The van der Waals surface area contributed by atoms with Gasteiger partial charge in [-0.1, -0.05) is 36.4 Å². The number of carbonyl (C=O) groups is 2. The summed E-state index contributed by atoms with van der Waals surface area (Å²) in [5.41, 5.74) is 3.64. The highest BCUT2D eigenvalue weighted by Gasteiger charge is 2.21. The summed E-state index contributed by atoms with van der Waals surface area (Å²) in [5, 5.41) is 3.09. The van der Waals surface area contributed by atoms with E-state index in [1.165, 1.54) is 11.1 Å². The Bertz CT molecular complexity index is 767. The van der Waals surface area contributed by atoms with Crippen LogP contribution in [0.3, 0.4) is 0 Å². The van der Waals surface area contributed by atoms with Crippen LogP contribution in [0.15, 0.2) is 48.5 Å². The molecule has 1 aliphatic carbocycles. The summed E-state index contributed by atoms with van der Waals surface area (Å²) < 4.78 is 5.60. The fraction of sp³-hybridized carbons (Fsp3) is 0.364. The summed E-state index contributed by atoms with van der Waals surface area (Å²) in [6.45, 7) is 1.60. The van der Waals surface area contributed by atoms with Crippen LogP contribution in [0.2, 0.25) is 0 Å². The number of ketones is 1. The lowest BCUT2D eigenvalue weighted by Gasteiger charge is -2.26. The van der Waals surface area contributed by atoms with Gasteiger partial charge in [-0.3, -0.25) is 4.79 Å². The first-order valence-corrected chi connectivity index (χ1v) is 9.20. The van der Waals surface area contributed by atoms with Crippen LogP contribution in [0.4, 0.5) is 0 Å². The minimum Gasteiger partial charge on any atom is -0.484 e. The Morgan fingerprint density at radius 1 is 1.12 bits per heavy atom. The monoisotopic (exact) mass is 351 g/mol. The molecule has 1 aliphatic rings. The van der Waals surface area contributed by atoms with E-state index in [0.717, 1.165) is 31.2 Å². The summed E-state index contributed by atoms with van der Waals surface area (Å²) in [6.07, 6.45) is 4.41. The molecule has 0 bridgehead atoms. The van der Waals surface area contributed by atoms with Gasteiger partial charge in [-0.25, -0.2) is 0 Å². The quantitative estimate of drug-likeness (QED) is 0.826. The summed E-state index contributed by atoms with van der Waals surface area (Å²) in [7, 11) is 0. The first kappa shape index (κ1) is 18.2. The number of Topliss-reactive ketones (excluding diaryl/α,β-unsaturated/α-hetero) is 1. The third-order valence-corrected chi connectivity index (χ3v) is 4.76. The number of hydrogen-bond donors (Lipinski definition) is 1. The highest BCUT2D eigenvalue weighted by Crippen LogP contribution is 2.29. The SMILES string of the molecule is CC(=O)CCc1ccc(OCC(=O)N[C@@H]2CCCc3ccccc32)cc1. The van der Waals surface area contributed by atoms with Crippen molar-refractivity contribution in [2.45, 2.75) is 45.1 Å². The fourth-order valence-electron chi connectivity index (χ4n) is 3.36. The minimum absolute atomic E-state index is 0.00542. The van der Waals surface area contributed by atoms with Crippen molar-refractivity contribution in [3.63, 3.8) is 0 Å². The van der Waals surface area contributed by atoms with Crippen LogP contribution in [-0.2, 0) is 22.4 Å². The Morgan fingerprint density at radius 2 is 1.88 bits per heavy atom. The van der Waals surface area contributed by atoms with Crippen LogP contribution >= 0.6 is 0 Å². The third-order valence-electron chi connectivity index (χ3n) is 4.76. The van der Waals surface area contributed by atoms with E-state index < -0.39 is 0 Å². The first-order chi connectivity index (χ1) is 12.6. The van der Waals surface area contributed by atoms with Gasteiger partial charge in [-0.15, -0.1) is 0 Å². The van der Waals surface area contributed by atoms with Gasteiger partial charge in [0.25, 0.3) is 5.91 Å². The van der Waals surface area contributed by atoms with E-state index in [1.54, 1.807) is 6.92 Å². The van der Waals surface area contributed by atoms with Crippen molar-refractivity contribution < 1.29 is 14.3 Å². The normalized spacial score (nSPS) is 15.8. The number of fused-ring (bicyclic) bond motifs is 1. The fourth-order valence-corrected chi connectivity index (χ4v) is 3.36. The Morgan fingerprint density at radius 3 is 2.65 bits per heavy atom. The Balaban J connectivity index is 1.49. The molecular weight excluding hydrogens is 326 g/mol. The van der Waals surface area contributed by atoms with Gasteiger partial charge in [0.1, 0.15) is 11.5 Å². The van der Waals surface area contributed by atoms with Gasteiger partial charge >= 0.3 is 0 Å². The molecule has 0 fully saturated rings. The number of amides is 1. The van der Waals surface area contributed by atoms with Crippen molar-refractivity contribution in [2.24, 2.45) is 0 Å². The van der Waals surface area contributed by atoms with Crippen molar-refractivity contribution in [2.75, 3.05) is 6.61 Å². The summed E-state index contributed by atoms with van der Waals surface area (Å²) >= 11 is 0. The van der Waals surface area contributed by atoms with Crippen LogP contribution in [0.25, 0.3) is 0 Å². The molecule has 0 unspecified atom stereocenters. The Labute approximate surface area is 154 Å². The second-order valence-corrected chi connectivity index (χ2v) is 6.85. The van der Waals surface area contributed by atoms with E-state index in [4.69, 9.17) is 4.74 Å². The molecule has 0 aliphatic heterocycles. The molecule has 0 heterocycles. The van der Waals surface area contributed by atoms with Crippen molar-refractivity contribution in [3.05, 3.63) is 65.2 Å². The van der Waals surface area contributed by atoms with Crippen LogP contribution < -0.4 is 10.1 Å². The highest BCUT2D eigenvalue weighted by atomic mass is 16.5. The average Bonchev–Trinajstić information content (AvgIpc) is 2.66. The molecule has 0 saturated carbocycles. The number of carbonyl (C=O) groups excluding carboxylic acids is 2. The van der Waals surface area contributed by atoms with Crippen molar-refractivity contribution in [1.82, 2.24) is 5.32 Å². The molecule has 136 valence electrons. The summed E-state index contributed by atoms with van der Waals surface area (Å²) in [4.78, 5) is 23.3. The molecule has 1 amide bonds. The second-order valence-electron chi connectivity index (χ2n) is 6.85. The van der Waals surface area contributed by atoms with Gasteiger partial charge < -0.3 is 14.8 Å². The maximum absolute atomic E-state index is 12.3. The van der Waals surface area contributed by atoms with Gasteiger partial charge in [-0.05, 0) is 61.4 Å². The summed E-state index contributed by atoms with van der Waals surface area (Å²) in [6, 6.07) is 15.9. The molecule has 0 saturated heterocycles. The average molecular weight is 351 g/mol. The molecule has 0 spiro atoms. The Hall–Kier alpha value is -2.62. The predicted molar refractivity (Wildman–Crippen MR) is 101 cm³/mol. The lowest BCUT2D eigenvalue weighted by molar-refractivity contribution is -0.124. The topological polar surface area (TPSA) is 55.4 Å². The predicted octanol–water partition coefficient (Wildman–Crippen LogP) is 3.78. The molecule has 26 heavy (non-hydrogen) atoms. The number of rotatable bonds is 7. The van der Waals surface area contributed by atoms with E-state index in [1.807, 2.05) is 36.4 Å².